The minimum absolute atomic E-state index is 0.370. The molecule has 0 aliphatic heterocycles. The van der Waals surface area contributed by atoms with E-state index in [1.165, 1.54) is 11.3 Å². The Kier molecular flexibility index (Phi) is 6.34. The van der Waals surface area contributed by atoms with Gasteiger partial charge in [0, 0.05) is 29.3 Å². The van der Waals surface area contributed by atoms with Gasteiger partial charge in [0.05, 0.1) is 0 Å². The van der Waals surface area contributed by atoms with Gasteiger partial charge in [-0.3, -0.25) is 0 Å². The van der Waals surface area contributed by atoms with Gasteiger partial charge in [-0.15, -0.1) is 0 Å². The Morgan fingerprint density at radius 3 is 2.37 bits per heavy atom. The molecule has 0 radical (unpaired) electrons. The van der Waals surface area contributed by atoms with E-state index in [1.807, 2.05) is 0 Å². The van der Waals surface area contributed by atoms with Gasteiger partial charge in [0.1, 0.15) is 0 Å². The van der Waals surface area contributed by atoms with Crippen molar-refractivity contribution < 1.29 is 0 Å². The number of halogens is 1. The monoisotopic (exact) mass is 326 g/mol. The van der Waals surface area contributed by atoms with Crippen LogP contribution in [0.5, 0.6) is 0 Å². The van der Waals surface area contributed by atoms with Gasteiger partial charge in [-0.1, -0.05) is 42.8 Å². The number of hydrogen-bond donors (Lipinski definition) is 1. The third-order valence-corrected chi connectivity index (χ3v) is 4.42. The zero-order valence-electron chi connectivity index (χ0n) is 13.0. The maximum atomic E-state index is 3.59. The molecule has 0 aromatic heterocycles. The van der Waals surface area contributed by atoms with Crippen LogP contribution in [0.3, 0.4) is 0 Å². The van der Waals surface area contributed by atoms with E-state index < -0.39 is 0 Å². The molecule has 19 heavy (non-hydrogen) atoms. The summed E-state index contributed by atoms with van der Waals surface area (Å²) in [4.78, 5) is 2.39. The van der Waals surface area contributed by atoms with E-state index in [-0.39, 0.29) is 0 Å². The molecular weight excluding hydrogens is 300 g/mol. The molecule has 108 valence electrons. The molecule has 0 spiro atoms. The Hall–Kier alpha value is -0.540. The Bertz CT molecular complexity index is 404. The van der Waals surface area contributed by atoms with Gasteiger partial charge in [0.15, 0.2) is 0 Å². The van der Waals surface area contributed by atoms with Gasteiger partial charge < -0.3 is 10.2 Å². The lowest BCUT2D eigenvalue weighted by molar-refractivity contribution is 0.501. The molecule has 2 unspecified atom stereocenters. The lowest BCUT2D eigenvalue weighted by Crippen LogP contribution is -2.34. The van der Waals surface area contributed by atoms with Crippen molar-refractivity contribution in [3.63, 3.8) is 0 Å². The number of nitrogens with zero attached hydrogens (tertiary/aromatic N) is 1. The van der Waals surface area contributed by atoms with Crippen molar-refractivity contribution in [3.8, 4) is 0 Å². The minimum atomic E-state index is 0.370. The molecular formula is C16H27BrN2. The minimum Gasteiger partial charge on any atom is -0.371 e. The molecule has 0 aliphatic carbocycles. The average Bonchev–Trinajstić information content (AvgIpc) is 2.36. The van der Waals surface area contributed by atoms with E-state index >= 15 is 0 Å². The van der Waals surface area contributed by atoms with Crippen LogP contribution >= 0.6 is 15.9 Å². The first-order chi connectivity index (χ1) is 8.88. The summed E-state index contributed by atoms with van der Waals surface area (Å²) in [6, 6.07) is 7.45. The van der Waals surface area contributed by atoms with Gasteiger partial charge in [-0.2, -0.15) is 0 Å². The second-order valence-corrected chi connectivity index (χ2v) is 6.49. The molecule has 0 aliphatic rings. The third-order valence-electron chi connectivity index (χ3n) is 3.93. The second kappa shape index (κ2) is 7.30. The standard InChI is InChI=1S/C16H27BrN2/c1-7-18-12(4)15-9-8-14(17)10-16(15)19(6)13(5)11(2)3/h8-13,18H,7H2,1-6H3. The van der Waals surface area contributed by atoms with Crippen molar-refractivity contribution in [1.82, 2.24) is 5.32 Å². The molecule has 1 N–H and O–H groups in total. The Morgan fingerprint density at radius 2 is 1.84 bits per heavy atom. The fourth-order valence-electron chi connectivity index (χ4n) is 2.27. The summed E-state index contributed by atoms with van der Waals surface area (Å²) in [5.41, 5.74) is 2.67. The first-order valence-electron chi connectivity index (χ1n) is 7.14. The van der Waals surface area contributed by atoms with Crippen molar-refractivity contribution in [3.05, 3.63) is 28.2 Å². The molecule has 2 nitrogen and oxygen atoms in total. The van der Waals surface area contributed by atoms with Crippen LogP contribution in [0.1, 0.15) is 46.2 Å². The number of hydrogen-bond acceptors (Lipinski definition) is 2. The maximum absolute atomic E-state index is 3.59. The number of rotatable bonds is 6. The predicted octanol–water partition coefficient (Wildman–Crippen LogP) is 4.60. The molecule has 1 aromatic rings. The summed E-state index contributed by atoms with van der Waals surface area (Å²) in [6.45, 7) is 12.2. The van der Waals surface area contributed by atoms with Crippen LogP contribution in [0, 0.1) is 5.92 Å². The Morgan fingerprint density at radius 1 is 1.21 bits per heavy atom. The zero-order chi connectivity index (χ0) is 14.6. The molecule has 2 atom stereocenters. The van der Waals surface area contributed by atoms with Crippen molar-refractivity contribution >= 4 is 21.6 Å². The first-order valence-corrected chi connectivity index (χ1v) is 7.93. The summed E-state index contributed by atoms with van der Waals surface area (Å²) in [7, 11) is 2.19. The van der Waals surface area contributed by atoms with Gasteiger partial charge in [-0.05, 0) is 44.0 Å². The molecule has 3 heteroatoms. The quantitative estimate of drug-likeness (QED) is 0.821. The second-order valence-electron chi connectivity index (χ2n) is 5.58. The van der Waals surface area contributed by atoms with Crippen LogP contribution in [0.25, 0.3) is 0 Å². The number of benzene rings is 1. The van der Waals surface area contributed by atoms with Crippen LogP contribution in [-0.4, -0.2) is 19.6 Å². The van der Waals surface area contributed by atoms with Crippen LogP contribution in [-0.2, 0) is 0 Å². The van der Waals surface area contributed by atoms with E-state index in [0.717, 1.165) is 11.0 Å². The largest absolute Gasteiger partial charge is 0.371 e. The van der Waals surface area contributed by atoms with Crippen LogP contribution in [0.4, 0.5) is 5.69 Å². The van der Waals surface area contributed by atoms with Crippen molar-refractivity contribution in [2.45, 2.75) is 46.7 Å². The topological polar surface area (TPSA) is 15.3 Å². The van der Waals surface area contributed by atoms with Gasteiger partial charge in [0.2, 0.25) is 0 Å². The summed E-state index contributed by atoms with van der Waals surface area (Å²) in [5, 5.41) is 3.50. The molecule has 0 fully saturated rings. The summed E-state index contributed by atoms with van der Waals surface area (Å²) < 4.78 is 1.14. The summed E-state index contributed by atoms with van der Waals surface area (Å²) in [6.07, 6.45) is 0. The molecule has 0 bridgehead atoms. The predicted molar refractivity (Wildman–Crippen MR) is 88.9 cm³/mol. The fraction of sp³-hybridized carbons (Fsp3) is 0.625. The lowest BCUT2D eigenvalue weighted by atomic mass is 10.0. The van der Waals surface area contributed by atoms with E-state index in [1.54, 1.807) is 0 Å². The molecule has 0 amide bonds. The molecule has 1 aromatic carbocycles. The Labute approximate surface area is 126 Å². The molecule has 0 saturated heterocycles. The highest BCUT2D eigenvalue weighted by Crippen LogP contribution is 2.31. The van der Waals surface area contributed by atoms with Gasteiger partial charge >= 0.3 is 0 Å². The smallest absolute Gasteiger partial charge is 0.0425 e. The highest BCUT2D eigenvalue weighted by atomic mass is 79.9. The van der Waals surface area contributed by atoms with E-state index in [4.69, 9.17) is 0 Å². The lowest BCUT2D eigenvalue weighted by Gasteiger charge is -2.33. The van der Waals surface area contributed by atoms with Gasteiger partial charge in [-0.25, -0.2) is 0 Å². The zero-order valence-corrected chi connectivity index (χ0v) is 14.6. The van der Waals surface area contributed by atoms with Crippen molar-refractivity contribution in [2.75, 3.05) is 18.5 Å². The number of anilines is 1. The van der Waals surface area contributed by atoms with E-state index in [2.05, 4.69) is 86.0 Å². The van der Waals surface area contributed by atoms with Crippen LogP contribution in [0.15, 0.2) is 22.7 Å². The third kappa shape index (κ3) is 4.22. The SMILES string of the molecule is CCNC(C)c1ccc(Br)cc1N(C)C(C)C(C)C. The van der Waals surface area contributed by atoms with Crippen LogP contribution in [0.2, 0.25) is 0 Å². The van der Waals surface area contributed by atoms with Crippen molar-refractivity contribution in [1.29, 1.82) is 0 Å². The van der Waals surface area contributed by atoms with E-state index in [0.29, 0.717) is 18.0 Å². The van der Waals surface area contributed by atoms with E-state index in [9.17, 15) is 0 Å². The number of nitrogens with one attached hydrogen (secondary N) is 1. The Balaban J connectivity index is 3.13. The summed E-state index contributed by atoms with van der Waals surface area (Å²) in [5.74, 6) is 0.631. The highest BCUT2D eigenvalue weighted by Gasteiger charge is 2.19. The highest BCUT2D eigenvalue weighted by molar-refractivity contribution is 9.10. The fourth-order valence-corrected chi connectivity index (χ4v) is 2.62. The molecule has 0 saturated carbocycles. The molecule has 1 rings (SSSR count). The van der Waals surface area contributed by atoms with Crippen LogP contribution < -0.4 is 10.2 Å². The maximum Gasteiger partial charge on any atom is 0.0425 e. The van der Waals surface area contributed by atoms with Gasteiger partial charge in [0.25, 0.3) is 0 Å². The first kappa shape index (κ1) is 16.5. The normalized spacial score (nSPS) is 14.5. The molecule has 0 heterocycles. The average molecular weight is 327 g/mol. The van der Waals surface area contributed by atoms with Crippen molar-refractivity contribution in [2.24, 2.45) is 5.92 Å². The summed E-state index contributed by atoms with van der Waals surface area (Å²) >= 11 is 3.59.